The van der Waals surface area contributed by atoms with Crippen molar-refractivity contribution in [3.8, 4) is 5.69 Å². The van der Waals surface area contributed by atoms with E-state index in [0.29, 0.717) is 17.9 Å². The van der Waals surface area contributed by atoms with Crippen LogP contribution in [0.3, 0.4) is 0 Å². The predicted molar refractivity (Wildman–Crippen MR) is 86.9 cm³/mol. The monoisotopic (exact) mass is 340 g/mol. The minimum atomic E-state index is -0.649. The summed E-state index contributed by atoms with van der Waals surface area (Å²) in [7, 11) is 0. The van der Waals surface area contributed by atoms with E-state index in [-0.39, 0.29) is 23.6 Å². The molecule has 3 heterocycles. The lowest BCUT2D eigenvalue weighted by molar-refractivity contribution is 0.0879. The van der Waals surface area contributed by atoms with Crippen LogP contribution in [0.5, 0.6) is 0 Å². The highest BCUT2D eigenvalue weighted by atomic mass is 16.6. The number of ether oxygens (including phenoxy) is 1. The number of carbonyl (C=O) groups excluding carboxylic acids is 3. The second-order valence-corrected chi connectivity index (χ2v) is 5.56. The minimum Gasteiger partial charge on any atom is -0.447 e. The molecule has 2 aliphatic rings. The number of benzene rings is 1. The summed E-state index contributed by atoms with van der Waals surface area (Å²) < 4.78 is 6.03. The third kappa shape index (κ3) is 2.17. The van der Waals surface area contributed by atoms with Crippen LogP contribution in [0.15, 0.2) is 35.1 Å². The van der Waals surface area contributed by atoms with E-state index in [1.807, 2.05) is 0 Å². The predicted octanol–water partition coefficient (Wildman–Crippen LogP) is 0.260. The zero-order valence-electron chi connectivity index (χ0n) is 12.8. The lowest BCUT2D eigenvalue weighted by Gasteiger charge is -2.16. The first-order valence-electron chi connectivity index (χ1n) is 7.43. The molecule has 2 aliphatic heterocycles. The fraction of sp³-hybridized carbons (Fsp3) is 0.125. The van der Waals surface area contributed by atoms with Gasteiger partial charge < -0.3 is 10.5 Å². The van der Waals surface area contributed by atoms with Gasteiger partial charge in [-0.25, -0.2) is 4.79 Å². The average Bonchev–Trinajstić information content (AvgIpc) is 3.11. The number of pyridine rings is 1. The van der Waals surface area contributed by atoms with Gasteiger partial charge in [0.2, 0.25) is 0 Å². The molecule has 3 amide bonds. The molecule has 0 atom stereocenters. The third-order valence-electron chi connectivity index (χ3n) is 4.11. The number of carbonyl (C=O) groups is 3. The van der Waals surface area contributed by atoms with Crippen molar-refractivity contribution in [2.45, 2.75) is 0 Å². The smallest absolute Gasteiger partial charge is 0.414 e. The number of nitrogen functional groups attached to an aromatic ring is 1. The summed E-state index contributed by atoms with van der Waals surface area (Å²) in [5, 5.41) is 2.11. The number of nitrogens with two attached hydrogens (primary N) is 1. The molecular weight excluding hydrogens is 328 g/mol. The van der Waals surface area contributed by atoms with Crippen LogP contribution in [0, 0.1) is 0 Å². The van der Waals surface area contributed by atoms with Gasteiger partial charge in [0.05, 0.1) is 23.4 Å². The van der Waals surface area contributed by atoms with Crippen molar-refractivity contribution in [1.82, 2.24) is 9.88 Å². The fourth-order valence-corrected chi connectivity index (χ4v) is 2.97. The van der Waals surface area contributed by atoms with E-state index < -0.39 is 23.5 Å². The van der Waals surface area contributed by atoms with Crippen molar-refractivity contribution in [3.05, 3.63) is 51.8 Å². The number of aromatic nitrogens is 1. The van der Waals surface area contributed by atoms with Gasteiger partial charge in [-0.3, -0.25) is 29.2 Å². The number of amides is 3. The van der Waals surface area contributed by atoms with Crippen molar-refractivity contribution < 1.29 is 19.1 Å². The van der Waals surface area contributed by atoms with Gasteiger partial charge in [-0.15, -0.1) is 0 Å². The van der Waals surface area contributed by atoms with Crippen LogP contribution >= 0.6 is 0 Å². The van der Waals surface area contributed by atoms with E-state index in [2.05, 4.69) is 5.32 Å². The molecule has 0 aliphatic carbocycles. The first-order chi connectivity index (χ1) is 12.0. The Morgan fingerprint density at radius 1 is 1.04 bits per heavy atom. The first-order valence-corrected chi connectivity index (χ1v) is 7.43. The Morgan fingerprint density at radius 2 is 1.80 bits per heavy atom. The topological polar surface area (TPSA) is 124 Å². The van der Waals surface area contributed by atoms with Crippen LogP contribution in [-0.4, -0.2) is 35.6 Å². The van der Waals surface area contributed by atoms with Gasteiger partial charge in [0.15, 0.2) is 0 Å². The van der Waals surface area contributed by atoms with Gasteiger partial charge in [-0.1, -0.05) is 6.07 Å². The fourth-order valence-electron chi connectivity index (χ4n) is 2.97. The van der Waals surface area contributed by atoms with Gasteiger partial charge in [0.25, 0.3) is 17.4 Å². The SMILES string of the molecule is Nc1c2c(cc(=O)n1-c1cccc(N3CCOC3=O)c1)C(=O)NC2=O. The highest BCUT2D eigenvalue weighted by molar-refractivity contribution is 6.23. The second kappa shape index (κ2) is 5.20. The minimum absolute atomic E-state index is 0.0319. The molecule has 1 aromatic carbocycles. The number of fused-ring (bicyclic) bond motifs is 1. The largest absolute Gasteiger partial charge is 0.447 e. The third-order valence-corrected chi connectivity index (χ3v) is 4.11. The van der Waals surface area contributed by atoms with E-state index in [4.69, 9.17) is 10.5 Å². The Morgan fingerprint density at radius 3 is 2.52 bits per heavy atom. The summed E-state index contributed by atoms with van der Waals surface area (Å²) >= 11 is 0. The molecule has 9 heteroatoms. The maximum Gasteiger partial charge on any atom is 0.414 e. The normalized spacial score (nSPS) is 16.0. The summed E-state index contributed by atoms with van der Waals surface area (Å²) in [6.45, 7) is 0.681. The van der Waals surface area contributed by atoms with E-state index in [1.54, 1.807) is 24.3 Å². The van der Waals surface area contributed by atoms with Crippen molar-refractivity contribution in [1.29, 1.82) is 0 Å². The Bertz CT molecular complexity index is 1010. The van der Waals surface area contributed by atoms with Crippen molar-refractivity contribution in [3.63, 3.8) is 0 Å². The lowest BCUT2D eigenvalue weighted by atomic mass is 10.1. The number of cyclic esters (lactones) is 1. The molecule has 1 aromatic heterocycles. The van der Waals surface area contributed by atoms with Crippen LogP contribution in [0.2, 0.25) is 0 Å². The maximum absolute atomic E-state index is 12.4. The van der Waals surface area contributed by atoms with Crippen LogP contribution in [-0.2, 0) is 4.74 Å². The molecule has 2 aromatic rings. The molecule has 4 rings (SSSR count). The molecular formula is C16H12N4O5. The molecule has 1 fully saturated rings. The zero-order chi connectivity index (χ0) is 17.7. The molecule has 9 nitrogen and oxygen atoms in total. The average molecular weight is 340 g/mol. The first kappa shape index (κ1) is 14.9. The number of nitrogens with one attached hydrogen (secondary N) is 1. The van der Waals surface area contributed by atoms with E-state index in [1.165, 1.54) is 4.90 Å². The number of hydrogen-bond acceptors (Lipinski definition) is 6. The Kier molecular flexibility index (Phi) is 3.11. The van der Waals surface area contributed by atoms with Gasteiger partial charge in [-0.2, -0.15) is 0 Å². The number of nitrogens with zero attached hydrogens (tertiary/aromatic N) is 2. The summed E-state index contributed by atoms with van der Waals surface area (Å²) in [5.41, 5.74) is 6.28. The van der Waals surface area contributed by atoms with E-state index >= 15 is 0 Å². The molecule has 0 spiro atoms. The van der Waals surface area contributed by atoms with Crippen LogP contribution in [0.25, 0.3) is 5.69 Å². The quantitative estimate of drug-likeness (QED) is 0.756. The van der Waals surface area contributed by atoms with Crippen LogP contribution < -0.4 is 21.5 Å². The van der Waals surface area contributed by atoms with Crippen molar-refractivity contribution >= 4 is 29.4 Å². The van der Waals surface area contributed by atoms with E-state index in [9.17, 15) is 19.2 Å². The van der Waals surface area contributed by atoms with Gasteiger partial charge in [0.1, 0.15) is 12.4 Å². The highest BCUT2D eigenvalue weighted by Crippen LogP contribution is 2.26. The Labute approximate surface area is 140 Å². The summed E-state index contributed by atoms with van der Waals surface area (Å²) in [6, 6.07) is 7.62. The molecule has 25 heavy (non-hydrogen) atoms. The Balaban J connectivity index is 1.88. The number of hydrogen-bond donors (Lipinski definition) is 2. The molecule has 3 N–H and O–H groups in total. The van der Waals surface area contributed by atoms with Crippen LogP contribution in [0.4, 0.5) is 16.3 Å². The number of rotatable bonds is 2. The van der Waals surface area contributed by atoms with Gasteiger partial charge in [0, 0.05) is 11.8 Å². The van der Waals surface area contributed by atoms with Gasteiger partial charge >= 0.3 is 6.09 Å². The number of anilines is 2. The van der Waals surface area contributed by atoms with Crippen molar-refractivity contribution in [2.24, 2.45) is 0 Å². The van der Waals surface area contributed by atoms with E-state index in [0.717, 1.165) is 10.6 Å². The molecule has 0 radical (unpaired) electrons. The summed E-state index contributed by atoms with van der Waals surface area (Å²) in [4.78, 5) is 49.2. The zero-order valence-corrected chi connectivity index (χ0v) is 12.8. The maximum atomic E-state index is 12.4. The Hall–Kier alpha value is -3.62. The molecule has 0 saturated carbocycles. The standard InChI is InChI=1S/C16H12N4O5/c17-13-12-10(14(22)18-15(12)23)7-11(21)20(13)9-3-1-2-8(6-9)19-4-5-25-16(19)24/h1-3,6-7H,4-5,17H2,(H,18,22,23). The van der Waals surface area contributed by atoms with Gasteiger partial charge in [-0.05, 0) is 18.2 Å². The molecule has 0 unspecified atom stereocenters. The molecule has 126 valence electrons. The number of imide groups is 1. The molecule has 1 saturated heterocycles. The second-order valence-electron chi connectivity index (χ2n) is 5.56. The highest BCUT2D eigenvalue weighted by Gasteiger charge is 2.32. The molecule has 0 bridgehead atoms. The summed E-state index contributed by atoms with van der Waals surface area (Å²) in [6.07, 6.45) is -0.476. The van der Waals surface area contributed by atoms with Crippen LogP contribution in [0.1, 0.15) is 20.7 Å². The summed E-state index contributed by atoms with van der Waals surface area (Å²) in [5.74, 6) is -1.43. The van der Waals surface area contributed by atoms with Crippen molar-refractivity contribution in [2.75, 3.05) is 23.8 Å². The lowest BCUT2D eigenvalue weighted by Crippen LogP contribution is -2.26.